The zero-order valence-corrected chi connectivity index (χ0v) is 10.3. The molecule has 0 spiro atoms. The van der Waals surface area contributed by atoms with E-state index in [0.29, 0.717) is 6.04 Å². The molecule has 16 heavy (non-hydrogen) atoms. The van der Waals surface area contributed by atoms with Gasteiger partial charge in [-0.05, 0) is 49.7 Å². The van der Waals surface area contributed by atoms with E-state index in [1.807, 2.05) is 0 Å². The van der Waals surface area contributed by atoms with Crippen LogP contribution in [0.5, 0.6) is 0 Å². The molecule has 0 bridgehead atoms. The molecule has 1 N–H and O–H groups in total. The van der Waals surface area contributed by atoms with E-state index >= 15 is 0 Å². The zero-order chi connectivity index (χ0) is 11.1. The molecule has 1 heterocycles. The Balaban J connectivity index is 2.23. The van der Waals surface area contributed by atoms with Crippen molar-refractivity contribution in [2.75, 3.05) is 0 Å². The van der Waals surface area contributed by atoms with Gasteiger partial charge in [0.15, 0.2) is 4.77 Å². The van der Waals surface area contributed by atoms with Crippen LogP contribution in [0.2, 0.25) is 0 Å². The predicted octanol–water partition coefficient (Wildman–Crippen LogP) is 4.12. The summed E-state index contributed by atoms with van der Waals surface area (Å²) in [4.78, 5) is 3.32. The van der Waals surface area contributed by atoms with Crippen LogP contribution >= 0.6 is 12.2 Å². The van der Waals surface area contributed by atoms with E-state index in [1.165, 1.54) is 42.3 Å². The highest BCUT2D eigenvalue weighted by Gasteiger charge is 2.19. The zero-order valence-electron chi connectivity index (χ0n) is 9.49. The molecule has 0 unspecified atom stereocenters. The second kappa shape index (κ2) is 3.74. The molecule has 2 nitrogen and oxygen atoms in total. The van der Waals surface area contributed by atoms with Crippen LogP contribution in [0.25, 0.3) is 11.0 Å². The van der Waals surface area contributed by atoms with Crippen molar-refractivity contribution in [1.82, 2.24) is 9.55 Å². The van der Waals surface area contributed by atoms with E-state index in [0.717, 1.165) is 4.77 Å². The highest BCUT2D eigenvalue weighted by Crippen LogP contribution is 2.32. The third kappa shape index (κ3) is 1.50. The third-order valence-electron chi connectivity index (χ3n) is 3.56. The first-order valence-corrected chi connectivity index (χ1v) is 6.37. The largest absolute Gasteiger partial charge is 0.331 e. The first-order chi connectivity index (χ1) is 7.75. The Morgan fingerprint density at radius 2 is 2.06 bits per heavy atom. The van der Waals surface area contributed by atoms with Gasteiger partial charge in [0.25, 0.3) is 0 Å². The number of aromatic amines is 1. The minimum atomic E-state index is 0.615. The van der Waals surface area contributed by atoms with Gasteiger partial charge >= 0.3 is 0 Å². The normalized spacial score (nSPS) is 17.3. The van der Waals surface area contributed by atoms with Crippen LogP contribution in [0.4, 0.5) is 0 Å². The number of fused-ring (bicyclic) bond motifs is 1. The molecule has 2 aromatic rings. The number of benzene rings is 1. The number of rotatable bonds is 1. The number of aromatic nitrogens is 2. The Morgan fingerprint density at radius 3 is 2.81 bits per heavy atom. The summed E-state index contributed by atoms with van der Waals surface area (Å²) >= 11 is 5.44. The van der Waals surface area contributed by atoms with Gasteiger partial charge in [-0.25, -0.2) is 0 Å². The lowest BCUT2D eigenvalue weighted by molar-refractivity contribution is 0.526. The second-order valence-electron chi connectivity index (χ2n) is 4.76. The molecule has 3 rings (SSSR count). The van der Waals surface area contributed by atoms with Gasteiger partial charge in [0.1, 0.15) is 0 Å². The van der Waals surface area contributed by atoms with Crippen molar-refractivity contribution in [1.29, 1.82) is 0 Å². The number of nitrogens with one attached hydrogen (secondary N) is 1. The minimum Gasteiger partial charge on any atom is -0.331 e. The van der Waals surface area contributed by atoms with Crippen LogP contribution in [0.3, 0.4) is 0 Å². The number of imidazole rings is 1. The summed E-state index contributed by atoms with van der Waals surface area (Å²) in [5, 5.41) is 0. The van der Waals surface area contributed by atoms with Gasteiger partial charge in [0.2, 0.25) is 0 Å². The molecule has 1 fully saturated rings. The topological polar surface area (TPSA) is 20.7 Å². The lowest BCUT2D eigenvalue weighted by Gasteiger charge is -2.12. The molecular formula is C13H16N2S. The van der Waals surface area contributed by atoms with Crippen LogP contribution in [0.1, 0.15) is 37.3 Å². The van der Waals surface area contributed by atoms with E-state index in [-0.39, 0.29) is 0 Å². The fourth-order valence-electron chi connectivity index (χ4n) is 2.77. The van der Waals surface area contributed by atoms with Crippen LogP contribution in [0.15, 0.2) is 18.2 Å². The Hall–Kier alpha value is -1.09. The summed E-state index contributed by atoms with van der Waals surface area (Å²) in [7, 11) is 0. The van der Waals surface area contributed by atoms with E-state index in [1.54, 1.807) is 0 Å². The van der Waals surface area contributed by atoms with Gasteiger partial charge in [-0.3, -0.25) is 0 Å². The number of H-pyrrole nitrogens is 1. The van der Waals surface area contributed by atoms with Crippen LogP contribution < -0.4 is 0 Å². The third-order valence-corrected chi connectivity index (χ3v) is 3.86. The number of nitrogens with zero attached hydrogens (tertiary/aromatic N) is 1. The van der Waals surface area contributed by atoms with Gasteiger partial charge in [-0.2, -0.15) is 0 Å². The van der Waals surface area contributed by atoms with Gasteiger partial charge in [-0.15, -0.1) is 0 Å². The molecule has 1 aromatic heterocycles. The van der Waals surface area contributed by atoms with Gasteiger partial charge in [-0.1, -0.05) is 18.9 Å². The van der Waals surface area contributed by atoms with Gasteiger partial charge in [0, 0.05) is 6.04 Å². The second-order valence-corrected chi connectivity index (χ2v) is 5.15. The van der Waals surface area contributed by atoms with Crippen LogP contribution in [0, 0.1) is 11.7 Å². The average molecular weight is 232 g/mol. The molecule has 84 valence electrons. The summed E-state index contributed by atoms with van der Waals surface area (Å²) in [5.74, 6) is 0. The van der Waals surface area contributed by atoms with E-state index in [4.69, 9.17) is 12.2 Å². The minimum absolute atomic E-state index is 0.615. The predicted molar refractivity (Wildman–Crippen MR) is 69.4 cm³/mol. The van der Waals surface area contributed by atoms with Gasteiger partial charge in [0.05, 0.1) is 11.0 Å². The van der Waals surface area contributed by atoms with Crippen molar-refractivity contribution >= 4 is 23.3 Å². The Kier molecular flexibility index (Phi) is 2.36. The smallest absolute Gasteiger partial charge is 0.178 e. The molecule has 1 aliphatic carbocycles. The molecule has 0 amide bonds. The maximum atomic E-state index is 5.44. The van der Waals surface area contributed by atoms with Crippen molar-refractivity contribution in [3.63, 3.8) is 0 Å². The molecule has 1 aromatic carbocycles. The van der Waals surface area contributed by atoms with E-state index < -0.39 is 0 Å². The quantitative estimate of drug-likeness (QED) is 0.733. The Morgan fingerprint density at radius 1 is 1.31 bits per heavy atom. The van der Waals surface area contributed by atoms with Crippen molar-refractivity contribution in [3.8, 4) is 0 Å². The monoisotopic (exact) mass is 232 g/mol. The molecule has 3 heteroatoms. The van der Waals surface area contributed by atoms with Crippen LogP contribution in [-0.2, 0) is 0 Å². The lowest BCUT2D eigenvalue weighted by Crippen LogP contribution is -2.04. The molecule has 0 saturated heterocycles. The van der Waals surface area contributed by atoms with Crippen molar-refractivity contribution < 1.29 is 0 Å². The molecule has 0 radical (unpaired) electrons. The van der Waals surface area contributed by atoms with Crippen molar-refractivity contribution in [3.05, 3.63) is 28.5 Å². The Labute approximate surface area is 100 Å². The lowest BCUT2D eigenvalue weighted by atomic mass is 10.2. The number of hydrogen-bond acceptors (Lipinski definition) is 1. The summed E-state index contributed by atoms with van der Waals surface area (Å²) < 4.78 is 3.20. The SMILES string of the molecule is Cc1ccc2c(c1)[nH]c(=S)n2C1CCCC1. The summed E-state index contributed by atoms with van der Waals surface area (Å²) in [6.45, 7) is 2.11. The maximum Gasteiger partial charge on any atom is 0.178 e. The summed E-state index contributed by atoms with van der Waals surface area (Å²) in [5.41, 5.74) is 3.72. The number of aryl methyl sites for hydroxylation is 1. The molecular weight excluding hydrogens is 216 g/mol. The fraction of sp³-hybridized carbons (Fsp3) is 0.462. The average Bonchev–Trinajstić information content (AvgIpc) is 2.83. The Bertz CT molecular complexity index is 573. The number of hydrogen-bond donors (Lipinski definition) is 1. The molecule has 1 saturated carbocycles. The standard InChI is InChI=1S/C13H16N2S/c1-9-6-7-12-11(8-9)14-13(16)15(12)10-4-2-3-5-10/h6-8,10H,2-5H2,1H3,(H,14,16). The van der Waals surface area contributed by atoms with Crippen molar-refractivity contribution in [2.45, 2.75) is 38.6 Å². The van der Waals surface area contributed by atoms with Crippen LogP contribution in [-0.4, -0.2) is 9.55 Å². The first-order valence-electron chi connectivity index (χ1n) is 5.96. The highest BCUT2D eigenvalue weighted by atomic mass is 32.1. The van der Waals surface area contributed by atoms with Crippen molar-refractivity contribution in [2.24, 2.45) is 0 Å². The van der Waals surface area contributed by atoms with Gasteiger partial charge < -0.3 is 9.55 Å². The highest BCUT2D eigenvalue weighted by molar-refractivity contribution is 7.71. The molecule has 1 aliphatic rings. The first kappa shape index (κ1) is 10.1. The molecule has 0 aliphatic heterocycles. The fourth-order valence-corrected chi connectivity index (χ4v) is 3.13. The maximum absolute atomic E-state index is 5.44. The van der Waals surface area contributed by atoms with E-state index in [9.17, 15) is 0 Å². The summed E-state index contributed by atoms with van der Waals surface area (Å²) in [6, 6.07) is 7.14. The van der Waals surface area contributed by atoms with E-state index in [2.05, 4.69) is 34.7 Å². The summed E-state index contributed by atoms with van der Waals surface area (Å²) in [6.07, 6.45) is 5.22. The molecule has 0 atom stereocenters.